The van der Waals surface area contributed by atoms with E-state index in [4.69, 9.17) is 4.74 Å². The molecule has 0 unspecified atom stereocenters. The molecule has 0 saturated carbocycles. The average molecular weight is 475 g/mol. The van der Waals surface area contributed by atoms with Gasteiger partial charge in [-0.1, -0.05) is 52.3 Å². The largest absolute Gasteiger partial charge is 0.459 e. The van der Waals surface area contributed by atoms with Gasteiger partial charge < -0.3 is 15.0 Å². The molecule has 30 heavy (non-hydrogen) atoms. The second-order valence-electron chi connectivity index (χ2n) is 7.96. The van der Waals surface area contributed by atoms with E-state index in [-0.39, 0.29) is 25.0 Å². The van der Waals surface area contributed by atoms with Crippen LogP contribution in [0.2, 0.25) is 0 Å². The fraction of sp³-hybridized carbons (Fsp3) is 0.348. The summed E-state index contributed by atoms with van der Waals surface area (Å²) in [6.45, 7) is 6.90. The molecular weight excluding hydrogens is 448 g/mol. The summed E-state index contributed by atoms with van der Waals surface area (Å²) in [5, 5.41) is 2.88. The van der Waals surface area contributed by atoms with Gasteiger partial charge in [0.2, 0.25) is 11.8 Å². The van der Waals surface area contributed by atoms with E-state index < -0.39 is 17.6 Å². The molecule has 0 bridgehead atoms. The Labute approximate surface area is 185 Å². The molecule has 2 aromatic rings. The third-order valence-electron chi connectivity index (χ3n) is 4.26. The highest BCUT2D eigenvalue weighted by Crippen LogP contribution is 2.20. The lowest BCUT2D eigenvalue weighted by Crippen LogP contribution is -2.55. The Bertz CT molecular complexity index is 894. The standard InChI is InChI=1S/C23H27BrN2O4/c1-16(27)26(14-18-12-8-9-13-19(18)24)20(21(28)25-23(2,3)4)15-30-22(29)17-10-6-5-7-11-17/h5-13,20H,14-15H2,1-4H3,(H,25,28)/t20-/m0/s1. The van der Waals surface area contributed by atoms with Crippen molar-refractivity contribution in [2.75, 3.05) is 6.61 Å². The molecule has 0 aliphatic rings. The lowest BCUT2D eigenvalue weighted by Gasteiger charge is -2.32. The van der Waals surface area contributed by atoms with E-state index in [1.54, 1.807) is 30.3 Å². The van der Waals surface area contributed by atoms with Crippen LogP contribution in [0.5, 0.6) is 0 Å². The maximum Gasteiger partial charge on any atom is 0.338 e. The van der Waals surface area contributed by atoms with E-state index in [2.05, 4.69) is 21.2 Å². The van der Waals surface area contributed by atoms with Crippen molar-refractivity contribution in [1.82, 2.24) is 10.2 Å². The minimum Gasteiger partial charge on any atom is -0.459 e. The fourth-order valence-electron chi connectivity index (χ4n) is 2.82. The number of nitrogens with zero attached hydrogens (tertiary/aromatic N) is 1. The normalized spacial score (nSPS) is 12.0. The predicted octanol–water partition coefficient (Wildman–Crippen LogP) is 3.94. The maximum atomic E-state index is 13.0. The molecule has 7 heteroatoms. The number of halogens is 1. The smallest absolute Gasteiger partial charge is 0.338 e. The van der Waals surface area contributed by atoms with Crippen LogP contribution in [0.3, 0.4) is 0 Å². The Hall–Kier alpha value is -2.67. The van der Waals surface area contributed by atoms with Gasteiger partial charge in [-0.2, -0.15) is 0 Å². The number of carbonyl (C=O) groups is 3. The van der Waals surface area contributed by atoms with Gasteiger partial charge in [0.25, 0.3) is 0 Å². The quantitative estimate of drug-likeness (QED) is 0.616. The Morgan fingerprint density at radius 1 is 1.03 bits per heavy atom. The van der Waals surface area contributed by atoms with Gasteiger partial charge in [-0.25, -0.2) is 4.79 Å². The third-order valence-corrected chi connectivity index (χ3v) is 5.04. The molecule has 2 amide bonds. The Balaban J connectivity index is 2.27. The van der Waals surface area contributed by atoms with Crippen molar-refractivity contribution < 1.29 is 19.1 Å². The number of benzene rings is 2. The number of carbonyl (C=O) groups excluding carboxylic acids is 3. The molecule has 0 spiro atoms. The molecule has 0 saturated heterocycles. The molecule has 1 N–H and O–H groups in total. The fourth-order valence-corrected chi connectivity index (χ4v) is 3.23. The van der Waals surface area contributed by atoms with Crippen LogP contribution >= 0.6 is 15.9 Å². The summed E-state index contributed by atoms with van der Waals surface area (Å²) in [5.74, 6) is -1.23. The van der Waals surface area contributed by atoms with Crippen LogP contribution in [-0.2, 0) is 20.9 Å². The van der Waals surface area contributed by atoms with Crippen molar-refractivity contribution in [2.45, 2.75) is 45.8 Å². The first-order valence-electron chi connectivity index (χ1n) is 9.63. The summed E-state index contributed by atoms with van der Waals surface area (Å²) >= 11 is 3.48. The van der Waals surface area contributed by atoms with Gasteiger partial charge in [-0.05, 0) is 44.5 Å². The Kier molecular flexibility index (Phi) is 8.17. The molecule has 0 radical (unpaired) electrons. The highest BCUT2D eigenvalue weighted by molar-refractivity contribution is 9.10. The number of esters is 1. The summed E-state index contributed by atoms with van der Waals surface area (Å²) in [6, 6.07) is 15.0. The lowest BCUT2D eigenvalue weighted by atomic mass is 10.1. The predicted molar refractivity (Wildman–Crippen MR) is 119 cm³/mol. The number of hydrogen-bond donors (Lipinski definition) is 1. The monoisotopic (exact) mass is 474 g/mol. The van der Waals surface area contributed by atoms with Crippen LogP contribution in [0.4, 0.5) is 0 Å². The van der Waals surface area contributed by atoms with Crippen molar-refractivity contribution in [3.8, 4) is 0 Å². The van der Waals surface area contributed by atoms with Crippen molar-refractivity contribution >= 4 is 33.7 Å². The zero-order chi connectivity index (χ0) is 22.3. The SMILES string of the molecule is CC(=O)N(Cc1ccccc1Br)[C@@H](COC(=O)c1ccccc1)C(=O)NC(C)(C)C. The molecule has 0 aromatic heterocycles. The second kappa shape index (κ2) is 10.4. The Morgan fingerprint density at radius 2 is 1.63 bits per heavy atom. The maximum absolute atomic E-state index is 13.0. The van der Waals surface area contributed by atoms with E-state index in [0.29, 0.717) is 5.56 Å². The Morgan fingerprint density at radius 3 is 2.20 bits per heavy atom. The summed E-state index contributed by atoms with van der Waals surface area (Å²) < 4.78 is 6.25. The lowest BCUT2D eigenvalue weighted by molar-refractivity contribution is -0.142. The average Bonchev–Trinajstić information content (AvgIpc) is 2.67. The van der Waals surface area contributed by atoms with Crippen molar-refractivity contribution in [3.05, 3.63) is 70.2 Å². The van der Waals surface area contributed by atoms with Crippen molar-refractivity contribution in [1.29, 1.82) is 0 Å². The van der Waals surface area contributed by atoms with Gasteiger partial charge in [-0.15, -0.1) is 0 Å². The van der Waals surface area contributed by atoms with Crippen LogP contribution in [0.1, 0.15) is 43.6 Å². The van der Waals surface area contributed by atoms with Crippen LogP contribution in [0.25, 0.3) is 0 Å². The first-order chi connectivity index (χ1) is 14.1. The molecule has 0 heterocycles. The number of amides is 2. The highest BCUT2D eigenvalue weighted by Gasteiger charge is 2.32. The van der Waals surface area contributed by atoms with Crippen LogP contribution < -0.4 is 5.32 Å². The summed E-state index contributed by atoms with van der Waals surface area (Å²) in [5.41, 5.74) is 0.720. The molecule has 2 aromatic carbocycles. The molecule has 0 aliphatic carbocycles. The van der Waals surface area contributed by atoms with Crippen molar-refractivity contribution in [3.63, 3.8) is 0 Å². The van der Waals surface area contributed by atoms with Gasteiger partial charge in [0.15, 0.2) is 0 Å². The van der Waals surface area contributed by atoms with Gasteiger partial charge >= 0.3 is 5.97 Å². The minimum absolute atomic E-state index is 0.196. The van der Waals surface area contributed by atoms with E-state index in [0.717, 1.165) is 10.0 Å². The van der Waals surface area contributed by atoms with Gasteiger partial charge in [-0.3, -0.25) is 9.59 Å². The summed E-state index contributed by atoms with van der Waals surface area (Å²) in [6.07, 6.45) is 0. The summed E-state index contributed by atoms with van der Waals surface area (Å²) in [4.78, 5) is 39.3. The molecule has 0 aliphatic heterocycles. The van der Waals surface area contributed by atoms with Gasteiger partial charge in [0.05, 0.1) is 5.56 Å². The topological polar surface area (TPSA) is 75.7 Å². The molecule has 0 fully saturated rings. The number of hydrogen-bond acceptors (Lipinski definition) is 4. The number of nitrogens with one attached hydrogen (secondary N) is 1. The molecule has 1 atom stereocenters. The van der Waals surface area contributed by atoms with Crippen LogP contribution in [-0.4, -0.2) is 40.9 Å². The van der Waals surface area contributed by atoms with Gasteiger partial charge in [0, 0.05) is 23.5 Å². The molecular formula is C23H27BrN2O4. The first-order valence-corrected chi connectivity index (χ1v) is 10.4. The molecule has 160 valence electrons. The van der Waals surface area contributed by atoms with E-state index in [9.17, 15) is 14.4 Å². The number of ether oxygens (including phenoxy) is 1. The third kappa shape index (κ3) is 6.99. The number of rotatable bonds is 7. The van der Waals surface area contributed by atoms with E-state index >= 15 is 0 Å². The highest BCUT2D eigenvalue weighted by atomic mass is 79.9. The zero-order valence-corrected chi connectivity index (χ0v) is 19.2. The minimum atomic E-state index is -0.971. The van der Waals surface area contributed by atoms with Crippen LogP contribution in [0.15, 0.2) is 59.1 Å². The first kappa shape index (κ1) is 23.6. The van der Waals surface area contributed by atoms with Crippen LogP contribution in [0, 0.1) is 0 Å². The van der Waals surface area contributed by atoms with E-state index in [1.807, 2.05) is 45.0 Å². The second-order valence-corrected chi connectivity index (χ2v) is 8.81. The van der Waals surface area contributed by atoms with Gasteiger partial charge in [0.1, 0.15) is 12.6 Å². The molecule has 2 rings (SSSR count). The van der Waals surface area contributed by atoms with E-state index in [1.165, 1.54) is 11.8 Å². The molecule has 6 nitrogen and oxygen atoms in total. The zero-order valence-electron chi connectivity index (χ0n) is 17.6. The van der Waals surface area contributed by atoms with Crippen molar-refractivity contribution in [2.24, 2.45) is 0 Å². The summed E-state index contributed by atoms with van der Waals surface area (Å²) in [7, 11) is 0.